The van der Waals surface area contributed by atoms with Gasteiger partial charge in [0.2, 0.25) is 18.2 Å². The van der Waals surface area contributed by atoms with Crippen LogP contribution in [-0.2, 0) is 25.5 Å². The average Bonchev–Trinajstić information content (AvgIpc) is 3.41. The predicted molar refractivity (Wildman–Crippen MR) is 154 cm³/mol. The largest absolute Gasteiger partial charge is 0.497 e. The molecule has 3 heterocycles. The van der Waals surface area contributed by atoms with Crippen molar-refractivity contribution in [2.24, 2.45) is 23.2 Å². The molecule has 0 spiro atoms. The Morgan fingerprint density at radius 2 is 1.91 bits per heavy atom. The molecule has 9 nitrogen and oxygen atoms in total. The number of halogens is 2. The van der Waals surface area contributed by atoms with E-state index in [4.69, 9.17) is 19.2 Å². The second kappa shape index (κ2) is 12.0. The Bertz CT molecular complexity index is 1380. The van der Waals surface area contributed by atoms with Gasteiger partial charge in [0, 0.05) is 12.0 Å². The molecule has 0 N–H and O–H groups in total. The molecule has 43 heavy (non-hydrogen) atoms. The van der Waals surface area contributed by atoms with Crippen LogP contribution in [0.1, 0.15) is 71.9 Å². The number of aldehydes is 1. The van der Waals surface area contributed by atoms with Crippen LogP contribution in [0.15, 0.2) is 18.2 Å². The number of amides is 1. The Balaban J connectivity index is 1.54. The minimum atomic E-state index is -2.95. The number of aryl methyl sites for hydroxylation is 1. The summed E-state index contributed by atoms with van der Waals surface area (Å²) in [6.45, 7) is 7.10. The van der Waals surface area contributed by atoms with E-state index in [-0.39, 0.29) is 24.8 Å². The molecular formula is C32H41F2N3O6. The first-order chi connectivity index (χ1) is 20.3. The van der Waals surface area contributed by atoms with Gasteiger partial charge in [0.15, 0.2) is 0 Å². The van der Waals surface area contributed by atoms with Crippen molar-refractivity contribution in [1.82, 2.24) is 14.9 Å². The lowest BCUT2D eigenvalue weighted by Crippen LogP contribution is -2.47. The third-order valence-electron chi connectivity index (χ3n) is 9.33. The fourth-order valence-electron chi connectivity index (χ4n) is 6.53. The third kappa shape index (κ3) is 6.45. The first-order valence-corrected chi connectivity index (χ1v) is 15.1. The number of carbonyl (C=O) groups is 3. The molecule has 2 bridgehead atoms. The molecule has 0 unspecified atom stereocenters. The molecule has 1 aromatic heterocycles. The van der Waals surface area contributed by atoms with Gasteiger partial charge in [-0.2, -0.15) is 0 Å². The molecule has 5 rings (SSSR count). The zero-order valence-corrected chi connectivity index (χ0v) is 25.5. The normalized spacial score (nSPS) is 30.5. The fraction of sp³-hybridized carbons (Fsp3) is 0.656. The monoisotopic (exact) mass is 601 g/mol. The van der Waals surface area contributed by atoms with E-state index >= 15 is 0 Å². The maximum Gasteiger partial charge on any atom is 0.307 e. The minimum Gasteiger partial charge on any atom is -0.497 e. The van der Waals surface area contributed by atoms with E-state index in [9.17, 15) is 23.2 Å². The van der Waals surface area contributed by atoms with E-state index in [0.717, 1.165) is 37.0 Å². The number of hydrogen-bond donors (Lipinski definition) is 0. The van der Waals surface area contributed by atoms with Crippen molar-refractivity contribution in [2.75, 3.05) is 13.7 Å². The van der Waals surface area contributed by atoms with Crippen LogP contribution in [0, 0.1) is 23.2 Å². The number of ether oxygens (including phenoxy) is 3. The molecule has 1 saturated heterocycles. The second-order valence-electron chi connectivity index (χ2n) is 13.4. The van der Waals surface area contributed by atoms with Crippen molar-refractivity contribution in [3.8, 4) is 11.6 Å². The summed E-state index contributed by atoms with van der Waals surface area (Å²) in [5.41, 5.74) is 0.366. The summed E-state index contributed by atoms with van der Waals surface area (Å²) in [6, 6.07) is 3.83. The van der Waals surface area contributed by atoms with Crippen molar-refractivity contribution in [2.45, 2.75) is 96.8 Å². The van der Waals surface area contributed by atoms with Crippen molar-refractivity contribution in [3.63, 3.8) is 0 Å². The summed E-state index contributed by atoms with van der Waals surface area (Å²) < 4.78 is 46.6. The van der Waals surface area contributed by atoms with Gasteiger partial charge in [-0.15, -0.1) is 0 Å². The van der Waals surface area contributed by atoms with Crippen LogP contribution in [0.5, 0.6) is 11.6 Å². The van der Waals surface area contributed by atoms with Gasteiger partial charge in [-0.25, -0.2) is 18.7 Å². The maximum atomic E-state index is 14.6. The molecule has 0 radical (unpaired) electrons. The molecule has 234 valence electrons. The summed E-state index contributed by atoms with van der Waals surface area (Å²) in [5, 5.41) is 0. The van der Waals surface area contributed by atoms with E-state index in [1.807, 2.05) is 27.7 Å². The molecule has 2 fully saturated rings. The number of esters is 1. The van der Waals surface area contributed by atoms with Crippen LogP contribution in [0.25, 0.3) is 11.0 Å². The number of alkyl halides is 2. The lowest BCUT2D eigenvalue weighted by molar-refractivity contribution is -0.158. The SMILES string of the molecule is COc1ccc2nc3c(nc2c1)O[C@H]1CN(C(=O)[C@H](C(C)(C)C)CC(=O)O[C@]2(C)C[C@H]2CCCCC3)[C@H](C=O)[C@@H]1C(F)F. The summed E-state index contributed by atoms with van der Waals surface area (Å²) in [5.74, 6) is -2.59. The zero-order chi connectivity index (χ0) is 31.1. The Hall–Kier alpha value is -3.37. The van der Waals surface area contributed by atoms with Gasteiger partial charge >= 0.3 is 5.97 Å². The topological polar surface area (TPSA) is 108 Å². The summed E-state index contributed by atoms with van der Waals surface area (Å²) in [6.07, 6.45) is 0.793. The molecule has 11 heteroatoms. The Morgan fingerprint density at radius 3 is 2.58 bits per heavy atom. The van der Waals surface area contributed by atoms with E-state index in [1.165, 1.54) is 7.11 Å². The van der Waals surface area contributed by atoms with Crippen LogP contribution in [0.3, 0.4) is 0 Å². The number of nitrogens with zero attached hydrogens (tertiary/aromatic N) is 3. The molecular weight excluding hydrogens is 560 g/mol. The highest BCUT2D eigenvalue weighted by Crippen LogP contribution is 2.50. The number of hydrogen-bond acceptors (Lipinski definition) is 8. The standard InChI is InChI=1S/C32H41F2N3O6/c1-31(2,3)20-14-26(39)43-32(4)15-18(32)9-7-6-8-10-22-29(36-23-13-19(41-5)11-12-21(23)35-22)42-25-16-37(30(20)40)24(17-38)27(25)28(33)34/h11-13,17-18,20,24-25,27-28H,6-10,14-16H2,1-5H3/t18-,20-,24-,25+,27+,32-/m1/s1. The Morgan fingerprint density at radius 1 is 1.14 bits per heavy atom. The van der Waals surface area contributed by atoms with E-state index in [0.29, 0.717) is 35.2 Å². The minimum absolute atomic E-state index is 0.113. The number of carbonyl (C=O) groups excluding carboxylic acids is 3. The van der Waals surface area contributed by atoms with Gasteiger partial charge in [0.1, 0.15) is 29.4 Å². The lowest BCUT2D eigenvalue weighted by atomic mass is 9.77. The van der Waals surface area contributed by atoms with Crippen LogP contribution < -0.4 is 9.47 Å². The van der Waals surface area contributed by atoms with Gasteiger partial charge in [-0.3, -0.25) is 9.59 Å². The molecule has 1 aliphatic carbocycles. The number of aromatic nitrogens is 2. The van der Waals surface area contributed by atoms with Crippen LogP contribution in [0.2, 0.25) is 0 Å². The van der Waals surface area contributed by atoms with E-state index < -0.39 is 53.3 Å². The smallest absolute Gasteiger partial charge is 0.307 e. The molecule has 1 amide bonds. The number of benzene rings is 1. The first kappa shape index (κ1) is 31.1. The lowest BCUT2D eigenvalue weighted by Gasteiger charge is -2.34. The predicted octanol–water partition coefficient (Wildman–Crippen LogP) is 5.17. The van der Waals surface area contributed by atoms with Crippen molar-refractivity contribution < 1.29 is 37.4 Å². The molecule has 3 aliphatic rings. The quantitative estimate of drug-likeness (QED) is 0.351. The third-order valence-corrected chi connectivity index (χ3v) is 9.33. The Kier molecular flexibility index (Phi) is 8.64. The number of methoxy groups -OCH3 is 1. The van der Waals surface area contributed by atoms with Crippen molar-refractivity contribution in [3.05, 3.63) is 23.9 Å². The fourth-order valence-corrected chi connectivity index (χ4v) is 6.53. The second-order valence-corrected chi connectivity index (χ2v) is 13.4. The van der Waals surface area contributed by atoms with Crippen molar-refractivity contribution in [1.29, 1.82) is 0 Å². The molecule has 6 atom stereocenters. The number of fused-ring (bicyclic) bond motifs is 5. The molecule has 2 aliphatic heterocycles. The summed E-state index contributed by atoms with van der Waals surface area (Å²) in [4.78, 5) is 50.0. The van der Waals surface area contributed by atoms with Crippen molar-refractivity contribution >= 4 is 29.2 Å². The maximum absolute atomic E-state index is 14.6. The summed E-state index contributed by atoms with van der Waals surface area (Å²) in [7, 11) is 1.53. The zero-order valence-electron chi connectivity index (χ0n) is 25.5. The highest BCUT2D eigenvalue weighted by atomic mass is 19.3. The highest BCUT2D eigenvalue weighted by molar-refractivity contribution is 5.87. The van der Waals surface area contributed by atoms with E-state index in [2.05, 4.69) is 4.98 Å². The summed E-state index contributed by atoms with van der Waals surface area (Å²) >= 11 is 0. The highest BCUT2D eigenvalue weighted by Gasteiger charge is 2.55. The van der Waals surface area contributed by atoms with Crippen LogP contribution in [0.4, 0.5) is 8.78 Å². The van der Waals surface area contributed by atoms with Gasteiger partial charge in [0.05, 0.1) is 49.0 Å². The molecule has 1 aromatic carbocycles. The van der Waals surface area contributed by atoms with Gasteiger partial charge in [-0.05, 0) is 50.2 Å². The molecule has 2 aromatic rings. The first-order valence-electron chi connectivity index (χ1n) is 15.1. The average molecular weight is 602 g/mol. The van der Waals surface area contributed by atoms with E-state index in [1.54, 1.807) is 18.2 Å². The van der Waals surface area contributed by atoms with Gasteiger partial charge in [0.25, 0.3) is 0 Å². The van der Waals surface area contributed by atoms with Crippen LogP contribution >= 0.6 is 0 Å². The number of rotatable bonds is 3. The van der Waals surface area contributed by atoms with Crippen LogP contribution in [-0.4, -0.2) is 70.9 Å². The van der Waals surface area contributed by atoms with Gasteiger partial charge < -0.3 is 23.9 Å². The van der Waals surface area contributed by atoms with Gasteiger partial charge in [-0.1, -0.05) is 33.6 Å². The Labute approximate surface area is 250 Å². The molecule has 1 saturated carbocycles.